The Morgan fingerprint density at radius 1 is 1.09 bits per heavy atom. The molecule has 1 atom stereocenters. The maximum Gasteiger partial charge on any atom is 0.416 e. The van der Waals surface area contributed by atoms with Crippen molar-refractivity contribution in [2.24, 2.45) is 0 Å². The quantitative estimate of drug-likeness (QED) is 0.803. The van der Waals surface area contributed by atoms with Crippen LogP contribution < -0.4 is 5.32 Å². The molecule has 0 aliphatic rings. The zero-order valence-corrected chi connectivity index (χ0v) is 12.7. The fourth-order valence-corrected chi connectivity index (χ4v) is 2.43. The molecule has 122 valence electrons. The lowest BCUT2D eigenvalue weighted by Crippen LogP contribution is -2.21. The first-order valence-corrected chi connectivity index (χ1v) is 7.45. The number of hydrogen-bond acceptors (Lipinski definition) is 1. The highest BCUT2D eigenvalue weighted by Crippen LogP contribution is 2.31. The minimum Gasteiger partial charge on any atom is -0.326 e. The van der Waals surface area contributed by atoms with E-state index >= 15 is 0 Å². The van der Waals surface area contributed by atoms with Gasteiger partial charge in [0.05, 0.1) is 11.5 Å². The summed E-state index contributed by atoms with van der Waals surface area (Å²) >= 11 is 0. The van der Waals surface area contributed by atoms with Crippen LogP contribution in [0.1, 0.15) is 36.8 Å². The summed E-state index contributed by atoms with van der Waals surface area (Å²) in [6, 6.07) is 13.9. The maximum absolute atomic E-state index is 12.7. The monoisotopic (exact) mass is 321 g/mol. The fraction of sp³-hybridized carbons (Fsp3) is 0.278. The number of benzene rings is 2. The van der Waals surface area contributed by atoms with Crippen molar-refractivity contribution in [3.63, 3.8) is 0 Å². The number of amides is 1. The third-order valence-corrected chi connectivity index (χ3v) is 3.55. The molecule has 2 rings (SSSR count). The largest absolute Gasteiger partial charge is 0.416 e. The molecular weight excluding hydrogens is 303 g/mol. The maximum atomic E-state index is 12.7. The smallest absolute Gasteiger partial charge is 0.326 e. The summed E-state index contributed by atoms with van der Waals surface area (Å²) in [5, 5.41) is 2.60. The summed E-state index contributed by atoms with van der Waals surface area (Å²) in [6.07, 6.45) is -2.99. The van der Waals surface area contributed by atoms with Crippen molar-refractivity contribution in [2.75, 3.05) is 5.32 Å². The summed E-state index contributed by atoms with van der Waals surface area (Å²) < 4.78 is 38.2. The number of rotatable bonds is 5. The molecule has 0 aliphatic heterocycles. The predicted octanol–water partition coefficient (Wildman–Crippen LogP) is 5.23. The normalized spacial score (nSPS) is 12.7. The second kappa shape index (κ2) is 7.31. The van der Waals surface area contributed by atoms with Gasteiger partial charge >= 0.3 is 6.18 Å². The predicted molar refractivity (Wildman–Crippen MR) is 84.2 cm³/mol. The number of anilines is 1. The lowest BCUT2D eigenvalue weighted by Gasteiger charge is -2.17. The van der Waals surface area contributed by atoms with E-state index in [0.29, 0.717) is 6.42 Å². The Morgan fingerprint density at radius 2 is 1.78 bits per heavy atom. The Kier molecular flexibility index (Phi) is 5.42. The SMILES string of the molecule is CCC[C@H](C(=O)Nc1cccc(C(F)(F)F)c1)c1ccccc1. The number of carbonyl (C=O) groups is 1. The van der Waals surface area contributed by atoms with E-state index in [1.165, 1.54) is 12.1 Å². The zero-order chi connectivity index (χ0) is 16.9. The molecule has 0 aromatic heterocycles. The Balaban J connectivity index is 2.19. The number of carbonyl (C=O) groups excluding carboxylic acids is 1. The molecule has 0 heterocycles. The van der Waals surface area contributed by atoms with E-state index in [4.69, 9.17) is 0 Å². The Hall–Kier alpha value is -2.30. The highest BCUT2D eigenvalue weighted by atomic mass is 19.4. The molecule has 2 aromatic carbocycles. The summed E-state index contributed by atoms with van der Waals surface area (Å²) in [7, 11) is 0. The molecule has 0 fully saturated rings. The molecule has 0 unspecified atom stereocenters. The van der Waals surface area contributed by atoms with Gasteiger partial charge in [0.2, 0.25) is 5.91 Å². The molecule has 0 radical (unpaired) electrons. The minimum atomic E-state index is -4.43. The highest BCUT2D eigenvalue weighted by molar-refractivity contribution is 5.95. The van der Waals surface area contributed by atoms with Crippen molar-refractivity contribution < 1.29 is 18.0 Å². The van der Waals surface area contributed by atoms with E-state index in [1.807, 2.05) is 37.3 Å². The molecule has 0 saturated carbocycles. The van der Waals surface area contributed by atoms with Crippen molar-refractivity contribution in [2.45, 2.75) is 31.9 Å². The second-order valence-electron chi connectivity index (χ2n) is 5.32. The molecule has 0 saturated heterocycles. The van der Waals surface area contributed by atoms with Gasteiger partial charge in [-0.05, 0) is 30.2 Å². The standard InChI is InChI=1S/C18H18F3NO/c1-2-7-16(13-8-4-3-5-9-13)17(23)22-15-11-6-10-14(12-15)18(19,20)21/h3-6,8-12,16H,2,7H2,1H3,(H,22,23)/t16-/m0/s1. The van der Waals surface area contributed by atoms with Crippen molar-refractivity contribution >= 4 is 11.6 Å². The van der Waals surface area contributed by atoms with Crippen LogP contribution in [0.25, 0.3) is 0 Å². The lowest BCUT2D eigenvalue weighted by molar-refractivity contribution is -0.137. The van der Waals surface area contributed by atoms with Gasteiger partial charge in [-0.2, -0.15) is 13.2 Å². The van der Waals surface area contributed by atoms with Crippen LogP contribution in [0.2, 0.25) is 0 Å². The van der Waals surface area contributed by atoms with Crippen molar-refractivity contribution in [1.29, 1.82) is 0 Å². The fourth-order valence-electron chi connectivity index (χ4n) is 2.43. The summed E-state index contributed by atoms with van der Waals surface area (Å²) in [4.78, 5) is 12.5. The molecule has 0 spiro atoms. The summed E-state index contributed by atoms with van der Waals surface area (Å²) in [6.45, 7) is 1.97. The first-order valence-electron chi connectivity index (χ1n) is 7.45. The molecular formula is C18H18F3NO. The van der Waals surface area contributed by atoms with Gasteiger partial charge in [-0.15, -0.1) is 0 Å². The Bertz CT molecular complexity index is 653. The Morgan fingerprint density at radius 3 is 2.39 bits per heavy atom. The van der Waals surface area contributed by atoms with Crippen LogP contribution in [-0.2, 0) is 11.0 Å². The van der Waals surface area contributed by atoms with Crippen molar-refractivity contribution in [3.05, 3.63) is 65.7 Å². The Labute approximate surface area is 133 Å². The summed E-state index contributed by atoms with van der Waals surface area (Å²) in [5.41, 5.74) is 0.239. The van der Waals surface area contributed by atoms with Crippen LogP contribution in [0.15, 0.2) is 54.6 Å². The van der Waals surface area contributed by atoms with E-state index in [9.17, 15) is 18.0 Å². The van der Waals surface area contributed by atoms with E-state index < -0.39 is 11.7 Å². The molecule has 2 aromatic rings. The number of hydrogen-bond donors (Lipinski definition) is 1. The van der Waals surface area contributed by atoms with E-state index in [-0.39, 0.29) is 17.5 Å². The number of halogens is 3. The van der Waals surface area contributed by atoms with E-state index in [2.05, 4.69) is 5.32 Å². The van der Waals surface area contributed by atoms with Gasteiger partial charge in [0.1, 0.15) is 0 Å². The van der Waals surface area contributed by atoms with Crippen LogP contribution in [0.4, 0.5) is 18.9 Å². The van der Waals surface area contributed by atoms with Crippen LogP contribution in [-0.4, -0.2) is 5.91 Å². The van der Waals surface area contributed by atoms with Crippen molar-refractivity contribution in [3.8, 4) is 0 Å². The van der Waals surface area contributed by atoms with Gasteiger partial charge in [-0.1, -0.05) is 49.7 Å². The summed E-state index contributed by atoms with van der Waals surface area (Å²) in [5.74, 6) is -0.673. The molecule has 2 nitrogen and oxygen atoms in total. The zero-order valence-electron chi connectivity index (χ0n) is 12.7. The van der Waals surface area contributed by atoms with Crippen LogP contribution in [0.3, 0.4) is 0 Å². The molecule has 0 bridgehead atoms. The van der Waals surface area contributed by atoms with E-state index in [0.717, 1.165) is 24.1 Å². The third-order valence-electron chi connectivity index (χ3n) is 3.55. The average molecular weight is 321 g/mol. The topological polar surface area (TPSA) is 29.1 Å². The van der Waals surface area contributed by atoms with Crippen LogP contribution in [0.5, 0.6) is 0 Å². The van der Waals surface area contributed by atoms with Gasteiger partial charge in [0.15, 0.2) is 0 Å². The van der Waals surface area contributed by atoms with Crippen LogP contribution in [0, 0.1) is 0 Å². The first kappa shape index (κ1) is 17.1. The number of alkyl halides is 3. The molecule has 0 aliphatic carbocycles. The lowest BCUT2D eigenvalue weighted by atomic mass is 9.93. The third kappa shape index (κ3) is 4.58. The molecule has 23 heavy (non-hydrogen) atoms. The second-order valence-corrected chi connectivity index (χ2v) is 5.32. The molecule has 5 heteroatoms. The molecule has 1 amide bonds. The van der Waals surface area contributed by atoms with Gasteiger partial charge in [0, 0.05) is 5.69 Å². The van der Waals surface area contributed by atoms with Gasteiger partial charge in [-0.3, -0.25) is 4.79 Å². The first-order chi connectivity index (χ1) is 10.9. The number of nitrogens with one attached hydrogen (secondary N) is 1. The highest BCUT2D eigenvalue weighted by Gasteiger charge is 2.30. The van der Waals surface area contributed by atoms with Gasteiger partial charge in [-0.25, -0.2) is 0 Å². The average Bonchev–Trinajstić information content (AvgIpc) is 2.53. The molecule has 1 N–H and O–H groups in total. The van der Waals surface area contributed by atoms with Crippen molar-refractivity contribution in [1.82, 2.24) is 0 Å². The van der Waals surface area contributed by atoms with Gasteiger partial charge in [0.25, 0.3) is 0 Å². The van der Waals surface area contributed by atoms with Gasteiger partial charge < -0.3 is 5.32 Å². The minimum absolute atomic E-state index is 0.154. The van der Waals surface area contributed by atoms with E-state index in [1.54, 1.807) is 0 Å². The van der Waals surface area contributed by atoms with Crippen LogP contribution >= 0.6 is 0 Å².